The monoisotopic (exact) mass is 409 g/mol. The van der Waals surface area contributed by atoms with Gasteiger partial charge in [-0.15, -0.1) is 0 Å². The number of para-hydroxylation sites is 2. The third-order valence-electron chi connectivity index (χ3n) is 4.90. The molecule has 0 aliphatic rings. The Morgan fingerprint density at radius 2 is 1.79 bits per heavy atom. The van der Waals surface area contributed by atoms with Crippen LogP contribution in [0.3, 0.4) is 0 Å². The Kier molecular flexibility index (Phi) is 6.75. The molecular formula is C23H27N3O2S. The van der Waals surface area contributed by atoms with Crippen molar-refractivity contribution in [2.45, 2.75) is 51.2 Å². The summed E-state index contributed by atoms with van der Waals surface area (Å²) in [5, 5.41) is 4.06. The Morgan fingerprint density at radius 1 is 1.10 bits per heavy atom. The van der Waals surface area contributed by atoms with E-state index in [1.807, 2.05) is 56.3 Å². The molecule has 3 aromatic rings. The molecule has 1 atom stereocenters. The second-order valence-corrected chi connectivity index (χ2v) is 8.37. The van der Waals surface area contributed by atoms with Crippen LogP contribution in [0.2, 0.25) is 0 Å². The lowest BCUT2D eigenvalue weighted by Crippen LogP contribution is -2.33. The molecule has 152 valence electrons. The fourth-order valence-electron chi connectivity index (χ4n) is 3.15. The molecule has 3 rings (SSSR count). The second-order valence-electron chi connectivity index (χ2n) is 7.43. The Labute approximate surface area is 175 Å². The van der Waals surface area contributed by atoms with Gasteiger partial charge in [0.2, 0.25) is 5.91 Å². The number of fused-ring (bicyclic) bond motifs is 1. The van der Waals surface area contributed by atoms with E-state index in [1.54, 1.807) is 10.6 Å². The molecule has 1 N–H and O–H groups in total. The first kappa shape index (κ1) is 21.1. The highest BCUT2D eigenvalue weighted by Gasteiger charge is 2.18. The number of hydrogen-bond donors (Lipinski definition) is 1. The molecule has 0 radical (unpaired) electrons. The summed E-state index contributed by atoms with van der Waals surface area (Å²) in [5.74, 6) is 0.394. The molecule has 6 heteroatoms. The van der Waals surface area contributed by atoms with Crippen LogP contribution in [-0.2, 0) is 4.79 Å². The summed E-state index contributed by atoms with van der Waals surface area (Å²) in [4.78, 5) is 30.4. The maximum Gasteiger partial charge on any atom is 0.266 e. The smallest absolute Gasteiger partial charge is 0.266 e. The van der Waals surface area contributed by atoms with E-state index in [2.05, 4.69) is 19.2 Å². The van der Waals surface area contributed by atoms with Gasteiger partial charge in [0.15, 0.2) is 5.16 Å². The lowest BCUT2D eigenvalue weighted by molar-refractivity contribution is -0.119. The minimum absolute atomic E-state index is 0.0598. The molecular weight excluding hydrogens is 382 g/mol. The van der Waals surface area contributed by atoms with Crippen LogP contribution in [0.4, 0.5) is 0 Å². The van der Waals surface area contributed by atoms with Gasteiger partial charge in [-0.25, -0.2) is 4.98 Å². The number of hydrogen-bond acceptors (Lipinski definition) is 4. The van der Waals surface area contributed by atoms with Crippen molar-refractivity contribution in [3.8, 4) is 5.69 Å². The number of carbonyl (C=O) groups is 1. The first-order chi connectivity index (χ1) is 13.9. The molecule has 0 fully saturated rings. The number of nitrogens with one attached hydrogen (secondary N) is 1. The van der Waals surface area contributed by atoms with Crippen LogP contribution in [0.1, 0.15) is 45.6 Å². The maximum atomic E-state index is 13.4. The molecule has 1 amide bonds. The van der Waals surface area contributed by atoms with Crippen molar-refractivity contribution in [3.63, 3.8) is 0 Å². The van der Waals surface area contributed by atoms with Crippen LogP contribution < -0.4 is 10.9 Å². The number of nitrogens with zero attached hydrogens (tertiary/aromatic N) is 2. The van der Waals surface area contributed by atoms with Crippen LogP contribution in [0, 0.1) is 0 Å². The fraction of sp³-hybridized carbons (Fsp3) is 0.348. The molecule has 0 aliphatic carbocycles. The molecule has 0 bridgehead atoms. The zero-order chi connectivity index (χ0) is 21.0. The SMILES string of the molecule is CCC(C)NC(=O)CSc1nc2ccccc2c(=O)n1-c1ccccc1C(C)C. The zero-order valence-corrected chi connectivity index (χ0v) is 18.1. The van der Waals surface area contributed by atoms with Crippen molar-refractivity contribution >= 4 is 28.6 Å². The highest BCUT2D eigenvalue weighted by Crippen LogP contribution is 2.27. The minimum Gasteiger partial charge on any atom is -0.353 e. The summed E-state index contributed by atoms with van der Waals surface area (Å²) in [6.45, 7) is 8.21. The van der Waals surface area contributed by atoms with Gasteiger partial charge in [-0.05, 0) is 43.0 Å². The van der Waals surface area contributed by atoms with Crippen LogP contribution in [0.25, 0.3) is 16.6 Å². The highest BCUT2D eigenvalue weighted by atomic mass is 32.2. The molecule has 0 saturated carbocycles. The topological polar surface area (TPSA) is 64.0 Å². The van der Waals surface area contributed by atoms with Crippen molar-refractivity contribution in [3.05, 3.63) is 64.4 Å². The summed E-state index contributed by atoms with van der Waals surface area (Å²) < 4.78 is 1.65. The lowest BCUT2D eigenvalue weighted by atomic mass is 10.0. The van der Waals surface area contributed by atoms with E-state index in [0.29, 0.717) is 16.1 Å². The maximum absolute atomic E-state index is 13.4. The largest absolute Gasteiger partial charge is 0.353 e. The van der Waals surface area contributed by atoms with E-state index in [4.69, 9.17) is 4.98 Å². The lowest BCUT2D eigenvalue weighted by Gasteiger charge is -2.18. The highest BCUT2D eigenvalue weighted by molar-refractivity contribution is 7.99. The summed E-state index contributed by atoms with van der Waals surface area (Å²) in [5.41, 5.74) is 2.40. The van der Waals surface area contributed by atoms with Gasteiger partial charge in [-0.3, -0.25) is 14.2 Å². The Hall–Kier alpha value is -2.60. The second kappa shape index (κ2) is 9.27. The number of aromatic nitrogens is 2. The summed E-state index contributed by atoms with van der Waals surface area (Å²) >= 11 is 1.29. The van der Waals surface area contributed by atoms with Gasteiger partial charge in [-0.1, -0.05) is 62.9 Å². The average Bonchev–Trinajstić information content (AvgIpc) is 2.72. The molecule has 2 aromatic carbocycles. The summed E-state index contributed by atoms with van der Waals surface area (Å²) in [6, 6.07) is 15.3. The molecule has 1 unspecified atom stereocenters. The quantitative estimate of drug-likeness (QED) is 0.460. The van der Waals surface area contributed by atoms with E-state index in [0.717, 1.165) is 17.7 Å². The van der Waals surface area contributed by atoms with Gasteiger partial charge in [0.25, 0.3) is 5.56 Å². The molecule has 29 heavy (non-hydrogen) atoms. The van der Waals surface area contributed by atoms with Crippen molar-refractivity contribution < 1.29 is 4.79 Å². The summed E-state index contributed by atoms with van der Waals surface area (Å²) in [6.07, 6.45) is 0.872. The fourth-order valence-corrected chi connectivity index (χ4v) is 3.97. The van der Waals surface area contributed by atoms with Gasteiger partial charge in [0, 0.05) is 6.04 Å². The van der Waals surface area contributed by atoms with E-state index in [-0.39, 0.29) is 29.2 Å². The molecule has 5 nitrogen and oxygen atoms in total. The number of benzene rings is 2. The zero-order valence-electron chi connectivity index (χ0n) is 17.3. The van der Waals surface area contributed by atoms with Crippen molar-refractivity contribution in [1.29, 1.82) is 0 Å². The van der Waals surface area contributed by atoms with E-state index in [9.17, 15) is 9.59 Å². The van der Waals surface area contributed by atoms with E-state index < -0.39 is 0 Å². The Bertz CT molecular complexity index is 1080. The van der Waals surface area contributed by atoms with Crippen LogP contribution in [0.5, 0.6) is 0 Å². The van der Waals surface area contributed by atoms with E-state index >= 15 is 0 Å². The van der Waals surface area contributed by atoms with E-state index in [1.165, 1.54) is 11.8 Å². The predicted octanol–water partition coefficient (Wildman–Crippen LogP) is 4.52. The number of carbonyl (C=O) groups excluding carboxylic acids is 1. The van der Waals surface area contributed by atoms with Crippen molar-refractivity contribution in [2.75, 3.05) is 5.75 Å². The van der Waals surface area contributed by atoms with Gasteiger partial charge in [-0.2, -0.15) is 0 Å². The molecule has 1 aromatic heterocycles. The number of thioether (sulfide) groups is 1. The third-order valence-corrected chi connectivity index (χ3v) is 5.84. The van der Waals surface area contributed by atoms with Crippen LogP contribution in [0.15, 0.2) is 58.5 Å². The first-order valence-electron chi connectivity index (χ1n) is 9.95. The first-order valence-corrected chi connectivity index (χ1v) is 10.9. The third kappa shape index (κ3) is 4.70. The van der Waals surface area contributed by atoms with Crippen LogP contribution >= 0.6 is 11.8 Å². The predicted molar refractivity (Wildman–Crippen MR) is 120 cm³/mol. The van der Waals surface area contributed by atoms with Gasteiger partial charge < -0.3 is 5.32 Å². The van der Waals surface area contributed by atoms with Crippen molar-refractivity contribution in [2.24, 2.45) is 0 Å². The normalized spacial score (nSPS) is 12.3. The van der Waals surface area contributed by atoms with Gasteiger partial charge in [0.1, 0.15) is 0 Å². The Morgan fingerprint density at radius 3 is 2.52 bits per heavy atom. The molecule has 0 aliphatic heterocycles. The molecule has 0 saturated heterocycles. The molecule has 0 spiro atoms. The standard InChI is InChI=1S/C23H27N3O2S/c1-5-16(4)24-21(27)14-29-23-25-19-12-8-6-11-18(19)22(28)26(23)20-13-9-7-10-17(20)15(2)3/h6-13,15-16H,5,14H2,1-4H3,(H,24,27). The number of amides is 1. The van der Waals surface area contributed by atoms with Crippen molar-refractivity contribution in [1.82, 2.24) is 14.9 Å². The molecule has 1 heterocycles. The van der Waals surface area contributed by atoms with Gasteiger partial charge in [0.05, 0.1) is 22.3 Å². The number of rotatable bonds is 7. The average molecular weight is 410 g/mol. The Balaban J connectivity index is 2.10. The summed E-state index contributed by atoms with van der Waals surface area (Å²) in [7, 11) is 0. The van der Waals surface area contributed by atoms with Crippen LogP contribution in [-0.4, -0.2) is 27.3 Å². The van der Waals surface area contributed by atoms with Gasteiger partial charge >= 0.3 is 0 Å². The minimum atomic E-state index is -0.117.